The molecule has 12 heteroatoms. The molecule has 2 N–H and O–H groups in total. The molecule has 1 amide bonds. The van der Waals surface area contributed by atoms with Crippen molar-refractivity contribution in [2.75, 3.05) is 43.0 Å². The summed E-state index contributed by atoms with van der Waals surface area (Å²) in [4.78, 5) is 33.8. The summed E-state index contributed by atoms with van der Waals surface area (Å²) in [5.41, 5.74) is 3.47. The van der Waals surface area contributed by atoms with Gasteiger partial charge in [0.1, 0.15) is 0 Å². The fourth-order valence-electron chi connectivity index (χ4n) is 5.58. The van der Waals surface area contributed by atoms with Crippen molar-refractivity contribution in [3.05, 3.63) is 51.5 Å². The molecule has 1 fully saturated rings. The normalized spacial score (nSPS) is 18.4. The minimum absolute atomic E-state index is 0.244. The van der Waals surface area contributed by atoms with Crippen LogP contribution in [-0.4, -0.2) is 62.6 Å². The highest BCUT2D eigenvalue weighted by Crippen LogP contribution is 2.36. The number of carbonyl (C=O) groups is 1. The predicted molar refractivity (Wildman–Crippen MR) is 156 cm³/mol. The SMILES string of the molecule is C[C@@H]1CCCOc2c(cnn2C)-c2cc(cn(C)c2=O)C(=O)Nc2nc3ccc(N4CCNCC4)c(Cl)c3n2C1. The summed E-state index contributed by atoms with van der Waals surface area (Å²) in [6, 6.07) is 5.57. The molecular formula is C28H33ClN8O3. The highest BCUT2D eigenvalue weighted by molar-refractivity contribution is 6.38. The van der Waals surface area contributed by atoms with E-state index in [0.717, 1.165) is 55.7 Å². The molecule has 40 heavy (non-hydrogen) atoms. The van der Waals surface area contributed by atoms with E-state index in [2.05, 4.69) is 27.6 Å². The van der Waals surface area contributed by atoms with Gasteiger partial charge >= 0.3 is 0 Å². The molecule has 6 rings (SSSR count). The average molecular weight is 565 g/mol. The van der Waals surface area contributed by atoms with Crippen molar-refractivity contribution >= 4 is 40.2 Å². The van der Waals surface area contributed by atoms with Crippen LogP contribution in [0.2, 0.25) is 5.02 Å². The molecule has 0 aliphatic carbocycles. The third kappa shape index (κ3) is 4.73. The third-order valence-corrected chi connectivity index (χ3v) is 8.08. The van der Waals surface area contributed by atoms with E-state index >= 15 is 0 Å². The zero-order chi connectivity index (χ0) is 28.0. The maximum absolute atomic E-state index is 13.6. The van der Waals surface area contributed by atoms with Gasteiger partial charge in [0.15, 0.2) is 0 Å². The summed E-state index contributed by atoms with van der Waals surface area (Å²) in [6.45, 7) is 6.79. The largest absolute Gasteiger partial charge is 0.477 e. The molecule has 0 unspecified atom stereocenters. The smallest absolute Gasteiger partial charge is 0.259 e. The summed E-state index contributed by atoms with van der Waals surface area (Å²) in [5, 5.41) is 11.3. The first-order valence-electron chi connectivity index (χ1n) is 13.6. The van der Waals surface area contributed by atoms with Crippen LogP contribution in [0.4, 0.5) is 11.6 Å². The standard InChI is InChI=1S/C28H33ClN8O3/c1-17-5-4-12-40-27-20(14-31-35(27)3)19-13-18(16-34(2)26(19)39)25(38)33-28-32-21-6-7-22(36-10-8-30-9-11-36)23(29)24(21)37(28)15-17/h6-7,13-14,16-17,30H,4-5,8-12,15H2,1-3H3,(H,32,33,38)/t17-/m1/s1. The van der Waals surface area contributed by atoms with Crippen LogP contribution in [-0.2, 0) is 20.6 Å². The number of amides is 1. The number of carbonyl (C=O) groups excluding carboxylic acids is 1. The lowest BCUT2D eigenvalue weighted by molar-refractivity contribution is 0.102. The lowest BCUT2D eigenvalue weighted by Gasteiger charge is -2.30. The number of rotatable bonds is 1. The van der Waals surface area contributed by atoms with Gasteiger partial charge in [-0.15, -0.1) is 0 Å². The average Bonchev–Trinajstić information content (AvgIpc) is 3.48. The maximum Gasteiger partial charge on any atom is 0.259 e. The number of pyridine rings is 1. The number of aryl methyl sites for hydroxylation is 2. The van der Waals surface area contributed by atoms with E-state index in [9.17, 15) is 9.59 Å². The monoisotopic (exact) mass is 564 g/mol. The number of imidazole rings is 1. The molecule has 210 valence electrons. The fraction of sp³-hybridized carbons (Fsp3) is 0.429. The van der Waals surface area contributed by atoms with Crippen molar-refractivity contribution in [3.8, 4) is 17.0 Å². The first-order chi connectivity index (χ1) is 19.3. The number of fused-ring (bicyclic) bond motifs is 7. The Labute approximate surface area is 236 Å². The summed E-state index contributed by atoms with van der Waals surface area (Å²) in [7, 11) is 3.40. The highest BCUT2D eigenvalue weighted by atomic mass is 35.5. The van der Waals surface area contributed by atoms with E-state index in [4.69, 9.17) is 21.3 Å². The Morgan fingerprint density at radius 2 is 1.93 bits per heavy atom. The van der Waals surface area contributed by atoms with Gasteiger partial charge < -0.3 is 24.1 Å². The summed E-state index contributed by atoms with van der Waals surface area (Å²) in [5.74, 6) is 0.803. The number of nitrogens with one attached hydrogen (secondary N) is 2. The number of halogens is 1. The first kappa shape index (κ1) is 26.4. The second-order valence-corrected chi connectivity index (χ2v) is 11.0. The number of benzene rings is 1. The van der Waals surface area contributed by atoms with E-state index in [1.54, 1.807) is 31.0 Å². The van der Waals surface area contributed by atoms with Gasteiger partial charge in [-0.1, -0.05) is 18.5 Å². The number of anilines is 2. The molecule has 0 spiro atoms. The molecule has 2 aliphatic heterocycles. The van der Waals surface area contributed by atoms with Crippen LogP contribution in [0.25, 0.3) is 22.2 Å². The topological polar surface area (TPSA) is 111 Å². The van der Waals surface area contributed by atoms with E-state index in [-0.39, 0.29) is 17.4 Å². The van der Waals surface area contributed by atoms with Crippen molar-refractivity contribution < 1.29 is 9.53 Å². The van der Waals surface area contributed by atoms with Gasteiger partial charge in [-0.3, -0.25) is 14.9 Å². The zero-order valence-corrected chi connectivity index (χ0v) is 23.7. The number of aromatic nitrogens is 5. The number of ether oxygens (including phenoxy) is 1. The molecule has 1 atom stereocenters. The summed E-state index contributed by atoms with van der Waals surface area (Å²) in [6.07, 6.45) is 4.82. The van der Waals surface area contributed by atoms with Gasteiger partial charge in [0.2, 0.25) is 11.8 Å². The van der Waals surface area contributed by atoms with Crippen LogP contribution in [0.1, 0.15) is 30.1 Å². The molecule has 4 aromatic rings. The summed E-state index contributed by atoms with van der Waals surface area (Å²) < 4.78 is 11.2. The Hall–Kier alpha value is -3.83. The van der Waals surface area contributed by atoms with Crippen molar-refractivity contribution in [2.45, 2.75) is 26.3 Å². The molecule has 11 nitrogen and oxygen atoms in total. The lowest BCUT2D eigenvalue weighted by atomic mass is 10.1. The van der Waals surface area contributed by atoms with E-state index in [1.165, 1.54) is 10.8 Å². The summed E-state index contributed by atoms with van der Waals surface area (Å²) >= 11 is 7.08. The van der Waals surface area contributed by atoms with Crippen LogP contribution >= 0.6 is 11.6 Å². The Balaban J connectivity index is 1.47. The molecule has 0 saturated carbocycles. The Morgan fingerprint density at radius 1 is 1.12 bits per heavy atom. The molecule has 1 saturated heterocycles. The van der Waals surface area contributed by atoms with E-state index in [0.29, 0.717) is 46.7 Å². The first-order valence-corrected chi connectivity index (χ1v) is 14.0. The van der Waals surface area contributed by atoms with Gasteiger partial charge in [-0.05, 0) is 37.0 Å². The fourth-order valence-corrected chi connectivity index (χ4v) is 5.96. The van der Waals surface area contributed by atoms with Crippen LogP contribution in [0, 0.1) is 5.92 Å². The molecule has 2 bridgehead atoms. The Morgan fingerprint density at radius 3 is 2.73 bits per heavy atom. The molecular weight excluding hydrogens is 532 g/mol. The van der Waals surface area contributed by atoms with Crippen LogP contribution < -0.4 is 25.8 Å². The molecule has 0 radical (unpaired) electrons. The van der Waals surface area contributed by atoms with Gasteiger partial charge in [0, 0.05) is 53.0 Å². The lowest BCUT2D eigenvalue weighted by Crippen LogP contribution is -2.43. The number of nitrogens with zero attached hydrogens (tertiary/aromatic N) is 6. The number of piperazine rings is 1. The van der Waals surface area contributed by atoms with Crippen molar-refractivity contribution in [1.29, 1.82) is 0 Å². The van der Waals surface area contributed by atoms with Gasteiger partial charge in [0.25, 0.3) is 11.5 Å². The number of hydrogen-bond donors (Lipinski definition) is 2. The van der Waals surface area contributed by atoms with Crippen LogP contribution in [0.15, 0.2) is 35.4 Å². The van der Waals surface area contributed by atoms with Gasteiger partial charge in [-0.25, -0.2) is 9.67 Å². The predicted octanol–water partition coefficient (Wildman–Crippen LogP) is 3.26. The van der Waals surface area contributed by atoms with E-state index < -0.39 is 0 Å². The second-order valence-electron chi connectivity index (χ2n) is 10.6. The van der Waals surface area contributed by atoms with Crippen molar-refractivity contribution in [1.82, 2.24) is 29.2 Å². The third-order valence-electron chi connectivity index (χ3n) is 7.70. The number of hydrogen-bond acceptors (Lipinski definition) is 7. The minimum Gasteiger partial charge on any atom is -0.477 e. The molecule has 3 aromatic heterocycles. The Bertz CT molecular complexity index is 1650. The Kier molecular flexibility index (Phi) is 7.01. The van der Waals surface area contributed by atoms with Crippen LogP contribution in [0.5, 0.6) is 5.88 Å². The zero-order valence-electron chi connectivity index (χ0n) is 22.9. The minimum atomic E-state index is -0.374. The van der Waals surface area contributed by atoms with Crippen molar-refractivity contribution in [3.63, 3.8) is 0 Å². The second kappa shape index (κ2) is 10.6. The molecule has 2 aliphatic rings. The molecule has 1 aromatic carbocycles. The molecule has 5 heterocycles. The van der Waals surface area contributed by atoms with E-state index in [1.807, 2.05) is 16.7 Å². The quantitative estimate of drug-likeness (QED) is 0.365. The van der Waals surface area contributed by atoms with Gasteiger partial charge in [0.05, 0.1) is 51.2 Å². The van der Waals surface area contributed by atoms with Gasteiger partial charge in [-0.2, -0.15) is 5.10 Å². The van der Waals surface area contributed by atoms with Crippen molar-refractivity contribution in [2.24, 2.45) is 20.0 Å². The highest BCUT2D eigenvalue weighted by Gasteiger charge is 2.24. The maximum atomic E-state index is 13.6. The van der Waals surface area contributed by atoms with Crippen LogP contribution in [0.3, 0.4) is 0 Å².